The van der Waals surface area contributed by atoms with Gasteiger partial charge >= 0.3 is 5.97 Å². The van der Waals surface area contributed by atoms with Crippen molar-refractivity contribution in [3.8, 4) is 5.75 Å². The first-order valence-corrected chi connectivity index (χ1v) is 11.3. The molecule has 1 aliphatic rings. The highest BCUT2D eigenvalue weighted by molar-refractivity contribution is 5.89. The molecule has 176 valence electrons. The molecular formula is C26H31ClN2O4. The number of aryl methyl sites for hydroxylation is 2. The lowest BCUT2D eigenvalue weighted by Crippen LogP contribution is -2.33. The molecule has 0 aliphatic heterocycles. The van der Waals surface area contributed by atoms with Gasteiger partial charge in [-0.15, -0.1) is 12.4 Å². The summed E-state index contributed by atoms with van der Waals surface area (Å²) in [6.45, 7) is 6.09. The van der Waals surface area contributed by atoms with Crippen molar-refractivity contribution >= 4 is 29.3 Å². The zero-order chi connectivity index (χ0) is 22.8. The van der Waals surface area contributed by atoms with Crippen LogP contribution < -0.4 is 15.6 Å². The van der Waals surface area contributed by atoms with Crippen molar-refractivity contribution in [2.75, 3.05) is 6.54 Å². The molecule has 2 aromatic carbocycles. The van der Waals surface area contributed by atoms with Crippen LogP contribution in [0.4, 0.5) is 0 Å². The monoisotopic (exact) mass is 470 g/mol. The van der Waals surface area contributed by atoms with Crippen molar-refractivity contribution in [2.45, 2.75) is 58.6 Å². The van der Waals surface area contributed by atoms with E-state index < -0.39 is 12.1 Å². The fourth-order valence-electron chi connectivity index (χ4n) is 4.84. The van der Waals surface area contributed by atoms with Crippen LogP contribution in [0.25, 0.3) is 10.9 Å². The molecule has 0 radical (unpaired) electrons. The largest absolute Gasteiger partial charge is 0.424 e. The third-order valence-corrected chi connectivity index (χ3v) is 6.39. The zero-order valence-electron chi connectivity index (χ0n) is 19.2. The molecule has 0 saturated carbocycles. The number of aromatic nitrogens is 1. The number of esters is 1. The maximum absolute atomic E-state index is 11.8. The second-order valence-electron chi connectivity index (χ2n) is 8.44. The molecule has 7 heteroatoms. The summed E-state index contributed by atoms with van der Waals surface area (Å²) >= 11 is 0. The van der Waals surface area contributed by atoms with Gasteiger partial charge in [0.15, 0.2) is 5.75 Å². The summed E-state index contributed by atoms with van der Waals surface area (Å²) in [7, 11) is 0. The smallest absolute Gasteiger partial charge is 0.308 e. The van der Waals surface area contributed by atoms with Crippen molar-refractivity contribution in [1.82, 2.24) is 10.3 Å². The van der Waals surface area contributed by atoms with Crippen molar-refractivity contribution in [3.05, 3.63) is 74.6 Å². The van der Waals surface area contributed by atoms with Crippen LogP contribution in [0.2, 0.25) is 0 Å². The first-order chi connectivity index (χ1) is 15.4. The SMILES string of the molecule is CCc1ccc(CC)c2c1CC(NCC(O)c1ccc(OC(C)=O)c3[nH]c(=O)ccc13)C2.Cl. The second kappa shape index (κ2) is 10.5. The molecule has 6 nitrogen and oxygen atoms in total. The molecule has 1 unspecified atom stereocenters. The molecule has 3 N–H and O–H groups in total. The molecule has 0 fully saturated rings. The standard InChI is InChI=1S/C26H30N2O4.ClH/c1-4-16-6-7-17(5-2)22-13-18(12-21(16)22)27-14-23(30)19-8-10-24(32-15(3)29)26-20(19)9-11-25(31)28-26;/h6-11,18,23,27,30H,4-5,12-14H2,1-3H3,(H,28,31);1H. The van der Waals surface area contributed by atoms with E-state index in [1.54, 1.807) is 18.2 Å². The Morgan fingerprint density at radius 3 is 2.30 bits per heavy atom. The first-order valence-electron chi connectivity index (χ1n) is 11.3. The third kappa shape index (κ3) is 5.13. The Hall–Kier alpha value is -2.67. The van der Waals surface area contributed by atoms with Gasteiger partial charge in [-0.1, -0.05) is 32.0 Å². The van der Waals surface area contributed by atoms with Crippen molar-refractivity contribution in [2.24, 2.45) is 0 Å². The summed E-state index contributed by atoms with van der Waals surface area (Å²) in [5.41, 5.74) is 6.56. The van der Waals surface area contributed by atoms with E-state index in [1.165, 1.54) is 35.2 Å². The van der Waals surface area contributed by atoms with Gasteiger partial charge in [0.25, 0.3) is 0 Å². The maximum atomic E-state index is 11.8. The number of carbonyl (C=O) groups is 1. The summed E-state index contributed by atoms with van der Waals surface area (Å²) in [6.07, 6.45) is 3.23. The van der Waals surface area contributed by atoms with Crippen LogP contribution in [0.1, 0.15) is 54.7 Å². The van der Waals surface area contributed by atoms with E-state index >= 15 is 0 Å². The molecular weight excluding hydrogens is 440 g/mol. The first kappa shape index (κ1) is 25.0. The topological polar surface area (TPSA) is 91.4 Å². The summed E-state index contributed by atoms with van der Waals surface area (Å²) in [4.78, 5) is 26.0. The minimum absolute atomic E-state index is 0. The van der Waals surface area contributed by atoms with Gasteiger partial charge in [0.05, 0.1) is 11.6 Å². The molecule has 3 aromatic rings. The summed E-state index contributed by atoms with van der Waals surface area (Å²) in [6, 6.07) is 11.2. The van der Waals surface area contributed by atoms with Crippen LogP contribution >= 0.6 is 12.4 Å². The maximum Gasteiger partial charge on any atom is 0.308 e. The fraction of sp³-hybridized carbons (Fsp3) is 0.385. The third-order valence-electron chi connectivity index (χ3n) is 6.39. The van der Waals surface area contributed by atoms with Crippen molar-refractivity contribution in [1.29, 1.82) is 0 Å². The molecule has 1 atom stereocenters. The van der Waals surface area contributed by atoms with Crippen LogP contribution in [-0.4, -0.2) is 28.6 Å². The number of ether oxygens (including phenoxy) is 1. The van der Waals surface area contributed by atoms with Crippen LogP contribution in [0, 0.1) is 0 Å². The number of H-pyrrole nitrogens is 1. The fourth-order valence-corrected chi connectivity index (χ4v) is 4.84. The lowest BCUT2D eigenvalue weighted by atomic mass is 9.96. The van der Waals surface area contributed by atoms with Gasteiger partial charge < -0.3 is 20.1 Å². The molecule has 33 heavy (non-hydrogen) atoms. The van der Waals surface area contributed by atoms with E-state index in [0.29, 0.717) is 23.0 Å². The van der Waals surface area contributed by atoms with Crippen molar-refractivity contribution in [3.63, 3.8) is 0 Å². The molecule has 1 heterocycles. The second-order valence-corrected chi connectivity index (χ2v) is 8.44. The highest BCUT2D eigenvalue weighted by Gasteiger charge is 2.26. The normalized spacial score (nSPS) is 14.1. The number of pyridine rings is 1. The lowest BCUT2D eigenvalue weighted by Gasteiger charge is -2.19. The predicted molar refractivity (Wildman–Crippen MR) is 132 cm³/mol. The number of aliphatic hydroxyl groups excluding tert-OH is 1. The number of aliphatic hydroxyl groups is 1. The van der Waals surface area contributed by atoms with E-state index in [4.69, 9.17) is 4.74 Å². The van der Waals surface area contributed by atoms with E-state index in [1.807, 2.05) is 0 Å². The molecule has 0 amide bonds. The minimum atomic E-state index is -0.769. The zero-order valence-corrected chi connectivity index (χ0v) is 20.1. The van der Waals surface area contributed by atoms with Gasteiger partial charge in [-0.3, -0.25) is 9.59 Å². The quantitative estimate of drug-likeness (QED) is 0.361. The van der Waals surface area contributed by atoms with Crippen LogP contribution in [-0.2, 0) is 30.5 Å². The van der Waals surface area contributed by atoms with E-state index in [2.05, 4.69) is 36.3 Å². The molecule has 0 spiro atoms. The number of halogens is 1. The Bertz CT molecular complexity index is 1190. The van der Waals surface area contributed by atoms with Gasteiger partial charge in [0, 0.05) is 31.0 Å². The highest BCUT2D eigenvalue weighted by atomic mass is 35.5. The number of benzene rings is 2. The lowest BCUT2D eigenvalue weighted by molar-refractivity contribution is -0.131. The number of nitrogens with one attached hydrogen (secondary N) is 2. The van der Waals surface area contributed by atoms with Gasteiger partial charge in [-0.25, -0.2) is 0 Å². The van der Waals surface area contributed by atoms with Gasteiger partial charge in [0.2, 0.25) is 5.56 Å². The molecule has 0 bridgehead atoms. The van der Waals surface area contributed by atoms with E-state index in [0.717, 1.165) is 25.7 Å². The summed E-state index contributed by atoms with van der Waals surface area (Å²) < 4.78 is 5.23. The van der Waals surface area contributed by atoms with E-state index in [9.17, 15) is 14.7 Å². The molecule has 4 rings (SSSR count). The Balaban J connectivity index is 0.00000306. The molecule has 1 aliphatic carbocycles. The number of aromatic amines is 1. The Morgan fingerprint density at radius 2 is 1.73 bits per heavy atom. The van der Waals surface area contributed by atoms with Gasteiger partial charge in [-0.05, 0) is 65.6 Å². The summed E-state index contributed by atoms with van der Waals surface area (Å²) in [5.74, 6) is -0.191. The number of hydrogen-bond donors (Lipinski definition) is 3. The summed E-state index contributed by atoms with van der Waals surface area (Å²) in [5, 5.41) is 15.2. The van der Waals surface area contributed by atoms with Gasteiger partial charge in [0.1, 0.15) is 0 Å². The average Bonchev–Trinajstić information content (AvgIpc) is 3.21. The minimum Gasteiger partial charge on any atom is -0.424 e. The van der Waals surface area contributed by atoms with Crippen LogP contribution in [0.15, 0.2) is 41.2 Å². The number of hydrogen-bond acceptors (Lipinski definition) is 5. The highest BCUT2D eigenvalue weighted by Crippen LogP contribution is 2.32. The van der Waals surface area contributed by atoms with E-state index in [-0.39, 0.29) is 29.8 Å². The van der Waals surface area contributed by atoms with Crippen LogP contribution in [0.5, 0.6) is 5.75 Å². The van der Waals surface area contributed by atoms with Crippen molar-refractivity contribution < 1.29 is 14.6 Å². The predicted octanol–water partition coefficient (Wildman–Crippen LogP) is 3.79. The van der Waals surface area contributed by atoms with Gasteiger partial charge in [-0.2, -0.15) is 0 Å². The Kier molecular flexibility index (Phi) is 7.95. The Morgan fingerprint density at radius 1 is 1.09 bits per heavy atom. The molecule has 1 aromatic heterocycles. The number of carbonyl (C=O) groups excluding carboxylic acids is 1. The Labute approximate surface area is 199 Å². The number of fused-ring (bicyclic) bond motifs is 2. The van der Waals surface area contributed by atoms with Crippen LogP contribution in [0.3, 0.4) is 0 Å². The average molecular weight is 471 g/mol. The number of rotatable bonds is 7. The molecule has 0 saturated heterocycles.